The summed E-state index contributed by atoms with van der Waals surface area (Å²) in [4.78, 5) is 50.1. The molecular weight excluding hydrogens is 625 g/mol. The molecule has 2 aromatic rings. The van der Waals surface area contributed by atoms with Gasteiger partial charge >= 0.3 is 12.6 Å². The minimum Gasteiger partial charge on any atom is -0.489 e. The van der Waals surface area contributed by atoms with Crippen LogP contribution < -0.4 is 9.47 Å². The van der Waals surface area contributed by atoms with Gasteiger partial charge in [0.2, 0.25) is 0 Å². The first-order chi connectivity index (χ1) is 20.9. The number of hydrogen-bond donors (Lipinski definition) is 0. The maximum Gasteiger partial charge on any atom is 0.387 e. The van der Waals surface area contributed by atoms with Crippen molar-refractivity contribution in [3.63, 3.8) is 0 Å². The van der Waals surface area contributed by atoms with Gasteiger partial charge in [0.15, 0.2) is 11.5 Å². The molecule has 1 saturated carbocycles. The molecule has 14 heteroatoms. The smallest absolute Gasteiger partial charge is 0.387 e. The van der Waals surface area contributed by atoms with Gasteiger partial charge in [0.05, 0.1) is 22.7 Å². The molecule has 10 nitrogen and oxygen atoms in total. The zero-order chi connectivity index (χ0) is 32.1. The summed E-state index contributed by atoms with van der Waals surface area (Å²) in [6, 6.07) is 7.21. The summed E-state index contributed by atoms with van der Waals surface area (Å²) < 4.78 is 42.3. The van der Waals surface area contributed by atoms with Crippen LogP contribution in [0.15, 0.2) is 70.8 Å². The Morgan fingerprint density at radius 3 is 2.45 bits per heavy atom. The Hall–Kier alpha value is -4.29. The van der Waals surface area contributed by atoms with Crippen LogP contribution in [0.5, 0.6) is 11.5 Å². The lowest BCUT2D eigenvalue weighted by Crippen LogP contribution is -2.36. The SMILES string of the molecule is C=C/C(Cl)=C(C[C@H](OC(=O)CN1C(=O)c2ccc([N+](=O)[O-])cc2C1=O)c1ccc(OC(F)F)c(OCC2CC2)c1)\C(Cl)=C/C. The number of alkyl halides is 2. The van der Waals surface area contributed by atoms with E-state index in [0.29, 0.717) is 10.5 Å². The number of nitrogens with zero attached hydrogens (tertiary/aromatic N) is 2. The lowest BCUT2D eigenvalue weighted by atomic mass is 9.99. The monoisotopic (exact) mass is 650 g/mol. The zero-order valence-corrected chi connectivity index (χ0v) is 24.8. The molecule has 2 amide bonds. The van der Waals surface area contributed by atoms with E-state index in [1.165, 1.54) is 24.3 Å². The van der Waals surface area contributed by atoms with E-state index in [0.717, 1.165) is 31.0 Å². The Labute approximate surface area is 260 Å². The number of amides is 2. The van der Waals surface area contributed by atoms with Gasteiger partial charge < -0.3 is 14.2 Å². The molecule has 2 aromatic carbocycles. The van der Waals surface area contributed by atoms with Gasteiger partial charge in [-0.3, -0.25) is 29.4 Å². The molecular formula is C30H26Cl2F2N2O8. The third-order valence-electron chi connectivity index (χ3n) is 6.85. The second-order valence-corrected chi connectivity index (χ2v) is 10.7. The van der Waals surface area contributed by atoms with Gasteiger partial charge in [0, 0.05) is 28.6 Å². The maximum absolute atomic E-state index is 13.2. The Morgan fingerprint density at radius 2 is 1.84 bits per heavy atom. The summed E-state index contributed by atoms with van der Waals surface area (Å²) in [5.41, 5.74) is -0.0867. The number of carbonyl (C=O) groups is 3. The van der Waals surface area contributed by atoms with Crippen molar-refractivity contribution in [2.45, 2.75) is 38.9 Å². The largest absolute Gasteiger partial charge is 0.489 e. The first-order valence-corrected chi connectivity index (χ1v) is 14.1. The first-order valence-electron chi connectivity index (χ1n) is 13.3. The molecule has 0 saturated heterocycles. The molecule has 0 unspecified atom stereocenters. The fourth-order valence-electron chi connectivity index (χ4n) is 4.40. The van der Waals surface area contributed by atoms with E-state index < -0.39 is 47.7 Å². The topological polar surface area (TPSA) is 125 Å². The number of nitro benzene ring substituents is 1. The third kappa shape index (κ3) is 7.61. The molecule has 0 spiro atoms. The van der Waals surface area contributed by atoms with Crippen LogP contribution >= 0.6 is 23.2 Å². The van der Waals surface area contributed by atoms with E-state index in [1.807, 2.05) is 0 Å². The number of halogens is 4. The van der Waals surface area contributed by atoms with Gasteiger partial charge in [-0.05, 0) is 55.0 Å². The summed E-state index contributed by atoms with van der Waals surface area (Å²) >= 11 is 12.8. The molecule has 1 aliphatic carbocycles. The van der Waals surface area contributed by atoms with Crippen LogP contribution in [0.4, 0.5) is 14.5 Å². The van der Waals surface area contributed by atoms with Crippen LogP contribution in [-0.2, 0) is 9.53 Å². The lowest BCUT2D eigenvalue weighted by molar-refractivity contribution is -0.384. The molecule has 0 aromatic heterocycles. The van der Waals surface area contributed by atoms with Crippen LogP contribution in [0.25, 0.3) is 0 Å². The highest BCUT2D eigenvalue weighted by atomic mass is 35.5. The second-order valence-electron chi connectivity index (χ2n) is 9.87. The van der Waals surface area contributed by atoms with Crippen LogP contribution in [0.2, 0.25) is 0 Å². The number of non-ortho nitro benzene ring substituents is 1. The van der Waals surface area contributed by atoms with E-state index in [9.17, 15) is 33.3 Å². The third-order valence-corrected chi connectivity index (χ3v) is 7.68. The molecule has 0 radical (unpaired) electrons. The molecule has 44 heavy (non-hydrogen) atoms. The molecule has 1 aliphatic heterocycles. The standard InChI is InChI=1S/C30H26Cl2F2N2O8/c1-3-22(31)21(23(32)4-2)13-25(17-7-10-24(44-30(33)34)26(11-17)42-15-16-5-6-16)43-27(37)14-35-28(38)19-9-8-18(36(40)41)12-20(19)29(35)39/h3-4,7-12,16,25,30H,1,5-6,13-15H2,2H3/b22-21+,23-4+/t25-/m0/s1. The van der Waals surface area contributed by atoms with Crippen molar-refractivity contribution < 1.29 is 42.3 Å². The normalized spacial score (nSPS) is 16.0. The maximum atomic E-state index is 13.2. The number of allylic oxidation sites excluding steroid dienone is 4. The number of benzene rings is 2. The lowest BCUT2D eigenvalue weighted by Gasteiger charge is -2.23. The number of ether oxygens (including phenoxy) is 3. The minimum absolute atomic E-state index is 0.00447. The molecule has 4 rings (SSSR count). The van der Waals surface area contributed by atoms with Gasteiger partial charge in [-0.15, -0.1) is 0 Å². The molecule has 1 atom stereocenters. The van der Waals surface area contributed by atoms with E-state index >= 15 is 0 Å². The summed E-state index contributed by atoms with van der Waals surface area (Å²) in [7, 11) is 0. The summed E-state index contributed by atoms with van der Waals surface area (Å²) in [6.07, 6.45) is 3.48. The molecule has 0 N–H and O–H groups in total. The predicted octanol–water partition coefficient (Wildman–Crippen LogP) is 7.08. The van der Waals surface area contributed by atoms with Crippen molar-refractivity contribution in [1.29, 1.82) is 0 Å². The average molecular weight is 651 g/mol. The fraction of sp³-hybridized carbons (Fsp3) is 0.300. The number of imide groups is 1. The highest BCUT2D eigenvalue weighted by Crippen LogP contribution is 2.39. The van der Waals surface area contributed by atoms with E-state index in [1.54, 1.807) is 13.0 Å². The number of nitro groups is 1. The first kappa shape index (κ1) is 32.6. The second kappa shape index (κ2) is 14.0. The molecule has 2 aliphatic rings. The quantitative estimate of drug-likeness (QED) is 0.0698. The van der Waals surface area contributed by atoms with Gasteiger partial charge in [-0.1, -0.05) is 48.0 Å². The van der Waals surface area contributed by atoms with E-state index in [4.69, 9.17) is 32.7 Å². The summed E-state index contributed by atoms with van der Waals surface area (Å²) in [5, 5.41) is 11.5. The highest BCUT2D eigenvalue weighted by Gasteiger charge is 2.39. The van der Waals surface area contributed by atoms with Crippen LogP contribution in [0.3, 0.4) is 0 Å². The van der Waals surface area contributed by atoms with Crippen LogP contribution in [0, 0.1) is 16.0 Å². The van der Waals surface area contributed by atoms with Crippen LogP contribution in [-0.4, -0.2) is 47.4 Å². The van der Waals surface area contributed by atoms with Gasteiger partial charge in [0.1, 0.15) is 12.6 Å². The van der Waals surface area contributed by atoms with E-state index in [2.05, 4.69) is 11.3 Å². The molecule has 232 valence electrons. The number of hydrogen-bond acceptors (Lipinski definition) is 8. The predicted molar refractivity (Wildman–Crippen MR) is 156 cm³/mol. The zero-order valence-electron chi connectivity index (χ0n) is 23.3. The average Bonchev–Trinajstić information content (AvgIpc) is 3.80. The molecule has 1 heterocycles. The van der Waals surface area contributed by atoms with Crippen molar-refractivity contribution in [3.05, 3.63) is 97.6 Å². The van der Waals surface area contributed by atoms with Crippen molar-refractivity contribution in [1.82, 2.24) is 4.90 Å². The number of fused-ring (bicyclic) bond motifs is 1. The number of carbonyl (C=O) groups excluding carboxylic acids is 3. The van der Waals surface area contributed by atoms with Gasteiger partial charge in [-0.2, -0.15) is 8.78 Å². The van der Waals surface area contributed by atoms with Crippen molar-refractivity contribution in [2.24, 2.45) is 5.92 Å². The number of esters is 1. The summed E-state index contributed by atoms with van der Waals surface area (Å²) in [5.74, 6) is -2.69. The fourth-order valence-corrected chi connectivity index (χ4v) is 4.81. The Balaban J connectivity index is 1.64. The summed E-state index contributed by atoms with van der Waals surface area (Å²) in [6.45, 7) is 1.63. The Morgan fingerprint density at radius 1 is 1.14 bits per heavy atom. The van der Waals surface area contributed by atoms with Crippen molar-refractivity contribution >= 4 is 46.7 Å². The van der Waals surface area contributed by atoms with E-state index in [-0.39, 0.29) is 57.2 Å². The molecule has 0 bridgehead atoms. The van der Waals surface area contributed by atoms with Crippen LogP contribution in [0.1, 0.15) is 58.6 Å². The van der Waals surface area contributed by atoms with Crippen molar-refractivity contribution in [3.8, 4) is 11.5 Å². The Bertz CT molecular complexity index is 1570. The highest BCUT2D eigenvalue weighted by molar-refractivity contribution is 6.36. The Kier molecular flexibility index (Phi) is 10.4. The van der Waals surface area contributed by atoms with Gasteiger partial charge in [0.25, 0.3) is 17.5 Å². The van der Waals surface area contributed by atoms with Crippen molar-refractivity contribution in [2.75, 3.05) is 13.2 Å². The minimum atomic E-state index is -3.12. The number of rotatable bonds is 14. The van der Waals surface area contributed by atoms with Gasteiger partial charge in [-0.25, -0.2) is 0 Å². The molecule has 1 fully saturated rings.